The number of nitrogens with one attached hydrogen (secondary N) is 1. The van der Waals surface area contributed by atoms with Gasteiger partial charge in [-0.3, -0.25) is 9.59 Å². The Balaban J connectivity index is 2.06. The summed E-state index contributed by atoms with van der Waals surface area (Å²) in [4.78, 5) is 39.1. The van der Waals surface area contributed by atoms with Gasteiger partial charge in [0.15, 0.2) is 5.78 Å². The molecule has 1 heterocycles. The first-order valence-corrected chi connectivity index (χ1v) is 11.0. The second-order valence-electron chi connectivity index (χ2n) is 7.92. The molecule has 0 radical (unpaired) electrons. The molecular formula is C24H28ClNO6. The van der Waals surface area contributed by atoms with Gasteiger partial charge < -0.3 is 19.5 Å². The molecule has 32 heavy (non-hydrogen) atoms. The van der Waals surface area contributed by atoms with Gasteiger partial charge in [0.1, 0.15) is 12.5 Å². The number of hydrogen-bond acceptors (Lipinski definition) is 7. The summed E-state index contributed by atoms with van der Waals surface area (Å²) in [6.45, 7) is 6.39. The van der Waals surface area contributed by atoms with Crippen LogP contribution in [0.2, 0.25) is 5.02 Å². The average molecular weight is 462 g/mol. The van der Waals surface area contributed by atoms with Crippen molar-refractivity contribution < 1.29 is 28.6 Å². The molecule has 172 valence electrons. The molecule has 1 aromatic carbocycles. The predicted octanol–water partition coefficient (Wildman–Crippen LogP) is 3.53. The Morgan fingerprint density at radius 2 is 1.88 bits per heavy atom. The van der Waals surface area contributed by atoms with Crippen LogP contribution in [0.25, 0.3) is 0 Å². The molecule has 1 N–H and O–H groups in total. The number of methoxy groups -OCH3 is 1. The smallest absolute Gasteiger partial charge is 0.336 e. The molecule has 0 bridgehead atoms. The maximum absolute atomic E-state index is 13.6. The molecule has 0 fully saturated rings. The minimum Gasteiger partial charge on any atom is -0.468 e. The van der Waals surface area contributed by atoms with Gasteiger partial charge in [-0.25, -0.2) is 4.79 Å². The molecule has 0 aromatic heterocycles. The van der Waals surface area contributed by atoms with Crippen LogP contribution in [-0.2, 0) is 28.6 Å². The van der Waals surface area contributed by atoms with Crippen molar-refractivity contribution in [3.8, 4) is 0 Å². The summed E-state index contributed by atoms with van der Waals surface area (Å²) in [6, 6.07) is 6.98. The average Bonchev–Trinajstić information content (AvgIpc) is 2.76. The maximum Gasteiger partial charge on any atom is 0.336 e. The van der Waals surface area contributed by atoms with Gasteiger partial charge in [0.2, 0.25) is 0 Å². The van der Waals surface area contributed by atoms with Crippen molar-refractivity contribution in [2.75, 3.05) is 26.9 Å². The lowest BCUT2D eigenvalue weighted by Gasteiger charge is -2.38. The maximum atomic E-state index is 13.6. The zero-order valence-corrected chi connectivity index (χ0v) is 19.5. The molecule has 0 unspecified atom stereocenters. The summed E-state index contributed by atoms with van der Waals surface area (Å²) in [7, 11) is 1.27. The lowest BCUT2D eigenvalue weighted by Crippen LogP contribution is -2.43. The number of carbonyl (C=O) groups is 3. The van der Waals surface area contributed by atoms with E-state index in [1.807, 2.05) is 13.8 Å². The fourth-order valence-corrected chi connectivity index (χ4v) is 4.48. The van der Waals surface area contributed by atoms with Crippen LogP contribution in [0.4, 0.5) is 0 Å². The molecule has 0 spiro atoms. The van der Waals surface area contributed by atoms with Crippen molar-refractivity contribution in [2.45, 2.75) is 33.1 Å². The minimum atomic E-state index is -0.927. The van der Waals surface area contributed by atoms with Crippen LogP contribution in [0.15, 0.2) is 46.8 Å². The number of ketones is 1. The van der Waals surface area contributed by atoms with Crippen molar-refractivity contribution in [1.29, 1.82) is 0 Å². The SMILES string of the molecule is CCOCCOC(=O)C1=C(C)NC2=C(C(=O)[C@H](C(=O)OC)[C@H](C)C2)[C@@H]1c1ccc(Cl)cc1. The Kier molecular flexibility index (Phi) is 7.74. The number of benzene rings is 1. The summed E-state index contributed by atoms with van der Waals surface area (Å²) in [6.07, 6.45) is 0.481. The van der Waals surface area contributed by atoms with Crippen LogP contribution in [0, 0.1) is 11.8 Å². The molecule has 7 nitrogen and oxygen atoms in total. The standard InChI is InChI=1S/C24H28ClNO6/c1-5-31-10-11-32-24(29)19-14(3)26-17-12-13(2)18(23(28)30-4)22(27)21(17)20(19)15-6-8-16(25)9-7-15/h6-9,13,18,20,26H,5,10-12H2,1-4H3/t13-,18-,20-/m1/s1. The van der Waals surface area contributed by atoms with Crippen LogP contribution in [0.3, 0.4) is 0 Å². The van der Waals surface area contributed by atoms with E-state index in [4.69, 9.17) is 25.8 Å². The monoisotopic (exact) mass is 461 g/mol. The molecule has 3 rings (SSSR count). The molecule has 2 aliphatic rings. The van der Waals surface area contributed by atoms with Gasteiger partial charge >= 0.3 is 11.9 Å². The highest BCUT2D eigenvalue weighted by molar-refractivity contribution is 6.30. The Bertz CT molecular complexity index is 965. The summed E-state index contributed by atoms with van der Waals surface area (Å²) in [5.41, 5.74) is 2.76. The fourth-order valence-electron chi connectivity index (χ4n) is 4.36. The van der Waals surface area contributed by atoms with Gasteiger partial charge in [-0.15, -0.1) is 0 Å². The Labute approximate surface area is 192 Å². The number of Topliss-reactive ketones (excluding diaryl/α,β-unsaturated/α-hetero) is 1. The predicted molar refractivity (Wildman–Crippen MR) is 119 cm³/mol. The largest absolute Gasteiger partial charge is 0.468 e. The van der Waals surface area contributed by atoms with Crippen LogP contribution in [0.1, 0.15) is 38.7 Å². The first-order chi connectivity index (χ1) is 15.3. The number of rotatable bonds is 7. The van der Waals surface area contributed by atoms with Gasteiger partial charge in [0.25, 0.3) is 0 Å². The van der Waals surface area contributed by atoms with E-state index in [2.05, 4.69) is 5.32 Å². The fraction of sp³-hybridized carbons (Fsp3) is 0.458. The second kappa shape index (κ2) is 10.3. The molecule has 0 saturated carbocycles. The van der Waals surface area contributed by atoms with Gasteiger partial charge in [0, 0.05) is 34.5 Å². The number of halogens is 1. The number of esters is 2. The van der Waals surface area contributed by atoms with Gasteiger partial charge in [-0.05, 0) is 43.9 Å². The van der Waals surface area contributed by atoms with E-state index in [1.165, 1.54) is 7.11 Å². The number of ether oxygens (including phenoxy) is 3. The molecule has 1 aliphatic heterocycles. The third-order valence-corrected chi connectivity index (χ3v) is 6.08. The van der Waals surface area contributed by atoms with Crippen molar-refractivity contribution in [3.63, 3.8) is 0 Å². The lowest BCUT2D eigenvalue weighted by molar-refractivity contribution is -0.151. The van der Waals surface area contributed by atoms with Crippen LogP contribution < -0.4 is 5.32 Å². The number of hydrogen-bond donors (Lipinski definition) is 1. The third kappa shape index (κ3) is 4.74. The highest BCUT2D eigenvalue weighted by Gasteiger charge is 2.47. The normalized spacial score (nSPS) is 22.9. The first kappa shape index (κ1) is 24.0. The van der Waals surface area contributed by atoms with Crippen molar-refractivity contribution in [3.05, 3.63) is 57.4 Å². The third-order valence-electron chi connectivity index (χ3n) is 5.83. The highest BCUT2D eigenvalue weighted by atomic mass is 35.5. The summed E-state index contributed by atoms with van der Waals surface area (Å²) >= 11 is 6.08. The first-order valence-electron chi connectivity index (χ1n) is 10.6. The molecular weight excluding hydrogens is 434 g/mol. The molecule has 3 atom stereocenters. The molecule has 1 aromatic rings. The van der Waals surface area contributed by atoms with Crippen molar-refractivity contribution in [2.24, 2.45) is 11.8 Å². The topological polar surface area (TPSA) is 90.9 Å². The van der Waals surface area contributed by atoms with E-state index in [1.54, 1.807) is 31.2 Å². The van der Waals surface area contributed by atoms with Crippen molar-refractivity contribution >= 4 is 29.3 Å². The van der Waals surface area contributed by atoms with E-state index in [0.717, 1.165) is 0 Å². The zero-order chi connectivity index (χ0) is 23.4. The number of carbonyl (C=O) groups excluding carboxylic acids is 3. The molecule has 8 heteroatoms. The zero-order valence-electron chi connectivity index (χ0n) is 18.7. The molecule has 0 saturated heterocycles. The number of dihydropyridines is 1. The van der Waals surface area contributed by atoms with E-state index in [0.29, 0.717) is 46.2 Å². The summed E-state index contributed by atoms with van der Waals surface area (Å²) in [5.74, 6) is -3.30. The van der Waals surface area contributed by atoms with Crippen LogP contribution >= 0.6 is 11.6 Å². The van der Waals surface area contributed by atoms with E-state index in [9.17, 15) is 14.4 Å². The number of allylic oxidation sites excluding steroid dienone is 3. The lowest BCUT2D eigenvalue weighted by atomic mass is 9.69. The van der Waals surface area contributed by atoms with Gasteiger partial charge in [0.05, 0.1) is 19.3 Å². The molecule has 1 aliphatic carbocycles. The highest BCUT2D eigenvalue weighted by Crippen LogP contribution is 2.45. The Morgan fingerprint density at radius 1 is 1.19 bits per heavy atom. The summed E-state index contributed by atoms with van der Waals surface area (Å²) in [5, 5.41) is 3.76. The van der Waals surface area contributed by atoms with E-state index >= 15 is 0 Å². The van der Waals surface area contributed by atoms with Crippen LogP contribution in [-0.4, -0.2) is 44.7 Å². The Hall–Kier alpha value is -2.64. The van der Waals surface area contributed by atoms with Gasteiger partial charge in [-0.1, -0.05) is 30.7 Å². The van der Waals surface area contributed by atoms with Crippen molar-refractivity contribution in [1.82, 2.24) is 5.32 Å². The van der Waals surface area contributed by atoms with Gasteiger partial charge in [-0.2, -0.15) is 0 Å². The van der Waals surface area contributed by atoms with E-state index in [-0.39, 0.29) is 24.9 Å². The summed E-state index contributed by atoms with van der Waals surface area (Å²) < 4.78 is 15.6. The van der Waals surface area contributed by atoms with E-state index < -0.39 is 23.8 Å². The molecule has 0 amide bonds. The Morgan fingerprint density at radius 3 is 2.50 bits per heavy atom. The van der Waals surface area contributed by atoms with Crippen LogP contribution in [0.5, 0.6) is 0 Å². The minimum absolute atomic E-state index is 0.0957. The quantitative estimate of drug-likeness (QED) is 0.377. The second-order valence-corrected chi connectivity index (χ2v) is 8.36.